The van der Waals surface area contributed by atoms with E-state index < -0.39 is 0 Å². The molecule has 0 spiro atoms. The van der Waals surface area contributed by atoms with Crippen LogP contribution in [0.1, 0.15) is 6.92 Å². The summed E-state index contributed by atoms with van der Waals surface area (Å²) in [4.78, 5) is 13.1. The number of carbonyl (C=O) groups excluding carboxylic acids is 1. The van der Waals surface area contributed by atoms with E-state index in [1.165, 1.54) is 11.8 Å². The van der Waals surface area contributed by atoms with Gasteiger partial charge in [-0.15, -0.1) is 11.8 Å². The van der Waals surface area contributed by atoms with E-state index in [0.717, 1.165) is 16.4 Å². The molecule has 6 heteroatoms. The third-order valence-electron chi connectivity index (χ3n) is 3.23. The molecule has 0 aromatic heterocycles. The highest BCUT2D eigenvalue weighted by Crippen LogP contribution is 2.25. The number of carbonyl (C=O) groups is 1. The first-order valence-electron chi connectivity index (χ1n) is 7.55. The Kier molecular flexibility index (Phi) is 7.28. The van der Waals surface area contributed by atoms with Crippen LogP contribution in [0.4, 0.5) is 0 Å². The lowest BCUT2D eigenvalue weighted by atomic mass is 10.3. The van der Waals surface area contributed by atoms with Gasteiger partial charge in [0.2, 0.25) is 5.91 Å². The van der Waals surface area contributed by atoms with Crippen LogP contribution in [0.2, 0.25) is 5.02 Å². The zero-order chi connectivity index (χ0) is 17.4. The van der Waals surface area contributed by atoms with Crippen LogP contribution in [-0.2, 0) is 4.79 Å². The van der Waals surface area contributed by atoms with E-state index in [1.807, 2.05) is 31.2 Å². The van der Waals surface area contributed by atoms with E-state index in [-0.39, 0.29) is 11.2 Å². The van der Waals surface area contributed by atoms with Gasteiger partial charge in [0.15, 0.2) is 0 Å². The van der Waals surface area contributed by atoms with Gasteiger partial charge in [0.1, 0.15) is 18.1 Å². The Labute approximate surface area is 151 Å². The standard InChI is InChI=1S/C18H20ClNO3S/c1-13(24-17-9-7-15(22-2)8-10-17)18(21)20-11-12-23-16-5-3-14(19)4-6-16/h3-10,13H,11-12H2,1-2H3,(H,20,21)/t13-/m1/s1. The second-order valence-corrected chi connectivity index (χ2v) is 6.88. The van der Waals surface area contributed by atoms with Crippen molar-refractivity contribution >= 4 is 29.3 Å². The summed E-state index contributed by atoms with van der Waals surface area (Å²) in [6.07, 6.45) is 0. The zero-order valence-electron chi connectivity index (χ0n) is 13.6. The fourth-order valence-corrected chi connectivity index (χ4v) is 2.95. The summed E-state index contributed by atoms with van der Waals surface area (Å²) < 4.78 is 10.7. The van der Waals surface area contributed by atoms with Crippen LogP contribution in [0.5, 0.6) is 11.5 Å². The number of thioether (sulfide) groups is 1. The van der Waals surface area contributed by atoms with Crippen LogP contribution in [0.25, 0.3) is 0 Å². The van der Waals surface area contributed by atoms with Gasteiger partial charge in [0.05, 0.1) is 18.9 Å². The molecule has 128 valence electrons. The zero-order valence-corrected chi connectivity index (χ0v) is 15.2. The summed E-state index contributed by atoms with van der Waals surface area (Å²) in [7, 11) is 1.63. The van der Waals surface area contributed by atoms with Crippen LogP contribution in [0.15, 0.2) is 53.4 Å². The fraction of sp³-hybridized carbons (Fsp3) is 0.278. The van der Waals surface area contributed by atoms with E-state index in [4.69, 9.17) is 21.1 Å². The number of hydrogen-bond acceptors (Lipinski definition) is 4. The van der Waals surface area contributed by atoms with Gasteiger partial charge in [-0.3, -0.25) is 4.79 Å². The molecule has 1 atom stereocenters. The minimum Gasteiger partial charge on any atom is -0.497 e. The first kappa shape index (κ1) is 18.5. The molecule has 0 unspecified atom stereocenters. The van der Waals surface area contributed by atoms with Gasteiger partial charge in [-0.05, 0) is 55.5 Å². The first-order chi connectivity index (χ1) is 11.6. The number of rotatable bonds is 8. The molecular weight excluding hydrogens is 346 g/mol. The van der Waals surface area contributed by atoms with Gasteiger partial charge in [-0.2, -0.15) is 0 Å². The van der Waals surface area contributed by atoms with Crippen LogP contribution < -0.4 is 14.8 Å². The maximum Gasteiger partial charge on any atom is 0.233 e. The van der Waals surface area contributed by atoms with E-state index >= 15 is 0 Å². The molecule has 0 saturated heterocycles. The van der Waals surface area contributed by atoms with Gasteiger partial charge >= 0.3 is 0 Å². The lowest BCUT2D eigenvalue weighted by Crippen LogP contribution is -2.33. The number of amides is 1. The van der Waals surface area contributed by atoms with Crippen molar-refractivity contribution in [2.45, 2.75) is 17.1 Å². The SMILES string of the molecule is COc1ccc(S[C@H](C)C(=O)NCCOc2ccc(Cl)cc2)cc1. The van der Waals surface area contributed by atoms with Gasteiger partial charge in [0, 0.05) is 9.92 Å². The minimum absolute atomic E-state index is 0.0180. The Balaban J connectivity index is 1.70. The first-order valence-corrected chi connectivity index (χ1v) is 8.81. The van der Waals surface area contributed by atoms with Crippen molar-refractivity contribution in [1.29, 1.82) is 0 Å². The number of benzene rings is 2. The molecule has 0 radical (unpaired) electrons. The monoisotopic (exact) mass is 365 g/mol. The quantitative estimate of drug-likeness (QED) is 0.567. The van der Waals surface area contributed by atoms with Crippen LogP contribution in [0, 0.1) is 0 Å². The van der Waals surface area contributed by atoms with Crippen molar-refractivity contribution in [2.75, 3.05) is 20.3 Å². The predicted molar refractivity (Wildman–Crippen MR) is 98.3 cm³/mol. The maximum absolute atomic E-state index is 12.1. The largest absolute Gasteiger partial charge is 0.497 e. The molecule has 0 bridgehead atoms. The Bertz CT molecular complexity index is 646. The summed E-state index contributed by atoms with van der Waals surface area (Å²) in [6, 6.07) is 14.8. The highest BCUT2D eigenvalue weighted by atomic mass is 35.5. The van der Waals surface area contributed by atoms with Gasteiger partial charge in [0.25, 0.3) is 0 Å². The van der Waals surface area contributed by atoms with E-state index in [1.54, 1.807) is 31.4 Å². The normalized spacial score (nSPS) is 11.6. The Morgan fingerprint density at radius 2 is 1.75 bits per heavy atom. The van der Waals surface area contributed by atoms with Crippen molar-refractivity contribution in [2.24, 2.45) is 0 Å². The molecule has 1 amide bonds. The molecule has 2 aromatic rings. The summed E-state index contributed by atoms with van der Waals surface area (Å²) in [5.74, 6) is 1.51. The summed E-state index contributed by atoms with van der Waals surface area (Å²) in [5.41, 5.74) is 0. The lowest BCUT2D eigenvalue weighted by Gasteiger charge is -2.13. The van der Waals surface area contributed by atoms with E-state index in [0.29, 0.717) is 18.2 Å². The van der Waals surface area contributed by atoms with Crippen molar-refractivity contribution < 1.29 is 14.3 Å². The van der Waals surface area contributed by atoms with Gasteiger partial charge < -0.3 is 14.8 Å². The number of methoxy groups -OCH3 is 1. The molecule has 1 N–H and O–H groups in total. The molecule has 2 rings (SSSR count). The molecule has 0 aliphatic rings. The second kappa shape index (κ2) is 9.45. The number of halogens is 1. The van der Waals surface area contributed by atoms with Gasteiger partial charge in [-0.25, -0.2) is 0 Å². The smallest absolute Gasteiger partial charge is 0.233 e. The average Bonchev–Trinajstić information content (AvgIpc) is 2.60. The van der Waals surface area contributed by atoms with E-state index in [2.05, 4.69) is 5.32 Å². The Hall–Kier alpha value is -1.85. The third-order valence-corrected chi connectivity index (χ3v) is 4.59. The molecular formula is C18H20ClNO3S. The summed E-state index contributed by atoms with van der Waals surface area (Å²) in [5, 5.41) is 3.35. The predicted octanol–water partition coefficient (Wildman–Crippen LogP) is 4.02. The number of ether oxygens (including phenoxy) is 2. The van der Waals surface area contributed by atoms with Crippen molar-refractivity contribution in [1.82, 2.24) is 5.32 Å². The highest BCUT2D eigenvalue weighted by molar-refractivity contribution is 8.00. The molecule has 4 nitrogen and oxygen atoms in total. The lowest BCUT2D eigenvalue weighted by molar-refractivity contribution is -0.120. The molecule has 0 aliphatic heterocycles. The Morgan fingerprint density at radius 3 is 2.38 bits per heavy atom. The number of nitrogens with one attached hydrogen (secondary N) is 1. The minimum atomic E-state index is -0.186. The fourth-order valence-electron chi connectivity index (χ4n) is 1.93. The summed E-state index contributed by atoms with van der Waals surface area (Å²) >= 11 is 7.31. The van der Waals surface area contributed by atoms with E-state index in [9.17, 15) is 4.79 Å². The van der Waals surface area contributed by atoms with Crippen molar-refractivity contribution in [3.05, 3.63) is 53.6 Å². The Morgan fingerprint density at radius 1 is 1.12 bits per heavy atom. The maximum atomic E-state index is 12.1. The molecule has 0 saturated carbocycles. The van der Waals surface area contributed by atoms with Crippen LogP contribution >= 0.6 is 23.4 Å². The average molecular weight is 366 g/mol. The molecule has 0 fully saturated rings. The molecule has 24 heavy (non-hydrogen) atoms. The molecule has 2 aromatic carbocycles. The molecule has 0 heterocycles. The van der Waals surface area contributed by atoms with Crippen LogP contribution in [0.3, 0.4) is 0 Å². The topological polar surface area (TPSA) is 47.6 Å². The third kappa shape index (κ3) is 5.98. The van der Waals surface area contributed by atoms with Crippen molar-refractivity contribution in [3.63, 3.8) is 0 Å². The van der Waals surface area contributed by atoms with Crippen molar-refractivity contribution in [3.8, 4) is 11.5 Å². The highest BCUT2D eigenvalue weighted by Gasteiger charge is 2.13. The van der Waals surface area contributed by atoms with Gasteiger partial charge in [-0.1, -0.05) is 11.6 Å². The number of hydrogen-bond donors (Lipinski definition) is 1. The van der Waals surface area contributed by atoms with Crippen LogP contribution in [-0.4, -0.2) is 31.4 Å². The second-order valence-electron chi connectivity index (χ2n) is 5.03. The molecule has 0 aliphatic carbocycles. The summed E-state index contributed by atoms with van der Waals surface area (Å²) in [6.45, 7) is 2.74.